The van der Waals surface area contributed by atoms with Crippen LogP contribution in [-0.2, 0) is 0 Å². The third-order valence-electron chi connectivity index (χ3n) is 10.8. The number of fused-ring (bicyclic) bond motifs is 11. The Labute approximate surface area is 313 Å². The number of aromatic nitrogens is 4. The van der Waals surface area contributed by atoms with Crippen LogP contribution in [-0.4, -0.2) is 19.5 Å². The van der Waals surface area contributed by atoms with Gasteiger partial charge in [-0.1, -0.05) is 121 Å². The Bertz CT molecular complexity index is 3380. The molecule has 8 aromatic carbocycles. The molecule has 0 N–H and O–H groups in total. The van der Waals surface area contributed by atoms with Gasteiger partial charge in [-0.25, -0.2) is 15.0 Å². The zero-order chi connectivity index (χ0) is 36.0. The van der Waals surface area contributed by atoms with Crippen molar-refractivity contribution in [3.05, 3.63) is 170 Å². The van der Waals surface area contributed by atoms with Crippen LogP contribution in [0.2, 0.25) is 0 Å². The smallest absolute Gasteiger partial charge is 0.164 e. The molecule has 0 aliphatic heterocycles. The van der Waals surface area contributed by atoms with Crippen LogP contribution in [0.25, 0.3) is 116 Å². The lowest BCUT2D eigenvalue weighted by Crippen LogP contribution is -2.01. The Hall–Kier alpha value is -7.57. The van der Waals surface area contributed by atoms with Gasteiger partial charge in [0.2, 0.25) is 0 Å². The van der Waals surface area contributed by atoms with E-state index in [2.05, 4.69) is 114 Å². The molecular formula is C49H28N4O2. The monoisotopic (exact) mass is 704 g/mol. The van der Waals surface area contributed by atoms with Gasteiger partial charge in [0.05, 0.1) is 11.0 Å². The summed E-state index contributed by atoms with van der Waals surface area (Å²) >= 11 is 0. The van der Waals surface area contributed by atoms with Gasteiger partial charge >= 0.3 is 0 Å². The highest BCUT2D eigenvalue weighted by molar-refractivity contribution is 6.21. The van der Waals surface area contributed by atoms with Crippen molar-refractivity contribution in [2.24, 2.45) is 0 Å². The first-order valence-corrected chi connectivity index (χ1v) is 18.4. The van der Waals surface area contributed by atoms with Gasteiger partial charge in [-0.2, -0.15) is 0 Å². The fraction of sp³-hybridized carbons (Fsp3) is 0. The minimum Gasteiger partial charge on any atom is -0.456 e. The van der Waals surface area contributed by atoms with E-state index in [1.807, 2.05) is 60.7 Å². The highest BCUT2D eigenvalue weighted by Crippen LogP contribution is 2.41. The molecule has 12 aromatic rings. The summed E-state index contributed by atoms with van der Waals surface area (Å²) in [6, 6.07) is 58.6. The number of benzene rings is 8. The molecule has 0 bridgehead atoms. The topological polar surface area (TPSA) is 69.9 Å². The summed E-state index contributed by atoms with van der Waals surface area (Å²) in [6.07, 6.45) is 0. The molecule has 0 radical (unpaired) electrons. The van der Waals surface area contributed by atoms with Gasteiger partial charge in [0.25, 0.3) is 0 Å². The summed E-state index contributed by atoms with van der Waals surface area (Å²) in [5, 5.41) is 8.88. The van der Waals surface area contributed by atoms with Gasteiger partial charge in [-0.05, 0) is 59.3 Å². The lowest BCUT2D eigenvalue weighted by atomic mass is 10.0. The van der Waals surface area contributed by atoms with E-state index in [4.69, 9.17) is 23.8 Å². The van der Waals surface area contributed by atoms with E-state index in [-0.39, 0.29) is 0 Å². The molecule has 55 heavy (non-hydrogen) atoms. The van der Waals surface area contributed by atoms with Gasteiger partial charge in [-0.3, -0.25) is 0 Å². The zero-order valence-corrected chi connectivity index (χ0v) is 29.3. The van der Waals surface area contributed by atoms with E-state index < -0.39 is 0 Å². The van der Waals surface area contributed by atoms with Crippen molar-refractivity contribution in [2.75, 3.05) is 0 Å². The fourth-order valence-electron chi connectivity index (χ4n) is 8.47. The average Bonchev–Trinajstić information content (AvgIpc) is 3.93. The summed E-state index contributed by atoms with van der Waals surface area (Å²) < 4.78 is 15.0. The molecule has 0 amide bonds. The summed E-state index contributed by atoms with van der Waals surface area (Å²) in [6.45, 7) is 0. The van der Waals surface area contributed by atoms with Gasteiger partial charge in [-0.15, -0.1) is 0 Å². The second-order valence-electron chi connectivity index (χ2n) is 13.9. The molecule has 0 saturated heterocycles. The van der Waals surface area contributed by atoms with E-state index in [1.54, 1.807) is 0 Å². The van der Waals surface area contributed by atoms with Crippen LogP contribution in [0.5, 0.6) is 0 Å². The number of nitrogens with zero attached hydrogens (tertiary/aromatic N) is 4. The summed E-state index contributed by atoms with van der Waals surface area (Å²) in [4.78, 5) is 15.8. The Balaban J connectivity index is 1.13. The maximum absolute atomic E-state index is 6.31. The summed E-state index contributed by atoms with van der Waals surface area (Å²) in [7, 11) is 0. The molecule has 0 spiro atoms. The second kappa shape index (κ2) is 11.5. The first kappa shape index (κ1) is 29.9. The van der Waals surface area contributed by atoms with Crippen LogP contribution >= 0.6 is 0 Å². The molecule has 0 fully saturated rings. The number of rotatable bonds is 4. The lowest BCUT2D eigenvalue weighted by Gasteiger charge is -2.12. The minimum absolute atomic E-state index is 0.565. The van der Waals surface area contributed by atoms with Crippen molar-refractivity contribution >= 4 is 76.5 Å². The standard InChI is InChI=1S/C49H28N4O2/c1-2-15-32-29(12-1)26-27-39-44(32)33-16-3-6-21-38(33)53(39)31-14-9-13-30(28-31)47-50-48(36-19-10-24-42-45(36)34-17-4-7-22-40(34)54-42)52-49(51-47)37-20-11-25-43-46(37)35-18-5-8-23-41(35)55-43/h1-28H. The molecular weight excluding hydrogens is 677 g/mol. The molecule has 12 rings (SSSR count). The van der Waals surface area contributed by atoms with Crippen LogP contribution in [0.4, 0.5) is 0 Å². The van der Waals surface area contributed by atoms with E-state index in [0.717, 1.165) is 77.3 Å². The van der Waals surface area contributed by atoms with E-state index in [0.29, 0.717) is 17.5 Å². The van der Waals surface area contributed by atoms with E-state index in [1.165, 1.54) is 21.5 Å². The normalized spacial score (nSPS) is 12.0. The van der Waals surface area contributed by atoms with Crippen molar-refractivity contribution in [2.45, 2.75) is 0 Å². The number of hydrogen-bond acceptors (Lipinski definition) is 5. The molecule has 0 aliphatic carbocycles. The summed E-state index contributed by atoms with van der Waals surface area (Å²) in [5.74, 6) is 1.70. The third-order valence-corrected chi connectivity index (χ3v) is 10.8. The number of hydrogen-bond donors (Lipinski definition) is 0. The van der Waals surface area contributed by atoms with Crippen molar-refractivity contribution in [1.29, 1.82) is 0 Å². The SMILES string of the molecule is c1cc(-c2nc(-c3cccc4oc5ccccc5c34)nc(-c3cccc4oc5ccccc5c34)n2)cc(-n2c3ccccc3c3c4ccccc4ccc32)c1. The van der Waals surface area contributed by atoms with Gasteiger partial charge in [0, 0.05) is 54.7 Å². The maximum atomic E-state index is 6.31. The largest absolute Gasteiger partial charge is 0.456 e. The van der Waals surface area contributed by atoms with Gasteiger partial charge < -0.3 is 13.4 Å². The molecule has 4 heterocycles. The maximum Gasteiger partial charge on any atom is 0.164 e. The molecule has 0 saturated carbocycles. The summed E-state index contributed by atoms with van der Waals surface area (Å²) in [5.41, 5.74) is 9.14. The van der Waals surface area contributed by atoms with Gasteiger partial charge in [0.15, 0.2) is 17.5 Å². The van der Waals surface area contributed by atoms with Crippen LogP contribution in [0.15, 0.2) is 179 Å². The average molecular weight is 705 g/mol. The van der Waals surface area contributed by atoms with E-state index >= 15 is 0 Å². The molecule has 6 heteroatoms. The quantitative estimate of drug-likeness (QED) is 0.182. The van der Waals surface area contributed by atoms with Crippen molar-refractivity contribution in [3.8, 4) is 39.9 Å². The first-order chi connectivity index (χ1) is 27.3. The third kappa shape index (κ3) is 4.46. The lowest BCUT2D eigenvalue weighted by molar-refractivity contribution is 0.668. The van der Waals surface area contributed by atoms with E-state index in [9.17, 15) is 0 Å². The fourth-order valence-corrected chi connectivity index (χ4v) is 8.47. The predicted molar refractivity (Wildman–Crippen MR) is 223 cm³/mol. The van der Waals surface area contributed by atoms with Crippen molar-refractivity contribution in [1.82, 2.24) is 19.5 Å². The first-order valence-electron chi connectivity index (χ1n) is 18.4. The Morgan fingerprint density at radius 3 is 1.60 bits per heavy atom. The molecule has 0 aliphatic rings. The van der Waals surface area contributed by atoms with Crippen LogP contribution in [0.1, 0.15) is 0 Å². The number of para-hydroxylation sites is 3. The van der Waals surface area contributed by atoms with Crippen LogP contribution in [0, 0.1) is 0 Å². The van der Waals surface area contributed by atoms with Crippen LogP contribution in [0.3, 0.4) is 0 Å². The Morgan fingerprint density at radius 1 is 0.364 bits per heavy atom. The molecule has 4 aromatic heterocycles. The van der Waals surface area contributed by atoms with Crippen molar-refractivity contribution < 1.29 is 8.83 Å². The highest BCUT2D eigenvalue weighted by atomic mass is 16.3. The zero-order valence-electron chi connectivity index (χ0n) is 29.3. The van der Waals surface area contributed by atoms with Crippen LogP contribution < -0.4 is 0 Å². The molecule has 0 unspecified atom stereocenters. The minimum atomic E-state index is 0.565. The molecule has 6 nitrogen and oxygen atoms in total. The van der Waals surface area contributed by atoms with Crippen molar-refractivity contribution in [3.63, 3.8) is 0 Å². The highest BCUT2D eigenvalue weighted by Gasteiger charge is 2.21. The number of furan rings is 2. The Morgan fingerprint density at radius 2 is 0.909 bits per heavy atom. The van der Waals surface area contributed by atoms with Gasteiger partial charge in [0.1, 0.15) is 22.3 Å². The predicted octanol–water partition coefficient (Wildman–Crippen LogP) is 12.9. The molecule has 0 atom stereocenters. The molecule has 256 valence electrons. The Kier molecular flexibility index (Phi) is 6.24. The second-order valence-corrected chi connectivity index (χ2v) is 13.9.